The minimum atomic E-state index is 0.175. The smallest absolute Gasteiger partial charge is 0.0471 e. The van der Waals surface area contributed by atoms with Gasteiger partial charge in [-0.3, -0.25) is 0 Å². The predicted octanol–water partition coefficient (Wildman–Crippen LogP) is 4.56. The normalized spacial score (nSPS) is 21.2. The number of nitrogens with zero attached hydrogens (tertiary/aromatic N) is 1. The van der Waals surface area contributed by atoms with Crippen molar-refractivity contribution in [2.24, 2.45) is 0 Å². The fourth-order valence-electron chi connectivity index (χ4n) is 3.82. The van der Waals surface area contributed by atoms with Crippen LogP contribution in [-0.4, -0.2) is 18.6 Å². The summed E-state index contributed by atoms with van der Waals surface area (Å²) in [6.07, 6.45) is 1.18. The fraction of sp³-hybridized carbons (Fsp3) is 0.647. The highest BCUT2D eigenvalue weighted by atomic mass is 35.5. The van der Waals surface area contributed by atoms with Gasteiger partial charge in [-0.25, -0.2) is 0 Å². The molecule has 0 bridgehead atoms. The van der Waals surface area contributed by atoms with Gasteiger partial charge in [0.15, 0.2) is 0 Å². The summed E-state index contributed by atoms with van der Waals surface area (Å²) < 4.78 is 0. The Morgan fingerprint density at radius 2 is 2.05 bits per heavy atom. The highest BCUT2D eigenvalue weighted by Crippen LogP contribution is 2.46. The van der Waals surface area contributed by atoms with Crippen molar-refractivity contribution < 1.29 is 0 Å². The summed E-state index contributed by atoms with van der Waals surface area (Å²) in [6.45, 7) is 12.3. The van der Waals surface area contributed by atoms with Crippen LogP contribution in [0.4, 0.5) is 5.69 Å². The second-order valence-corrected chi connectivity index (χ2v) is 7.32. The van der Waals surface area contributed by atoms with Gasteiger partial charge in [-0.15, -0.1) is 0 Å². The van der Waals surface area contributed by atoms with Crippen molar-refractivity contribution in [1.29, 1.82) is 0 Å². The van der Waals surface area contributed by atoms with Crippen molar-refractivity contribution in [3.8, 4) is 0 Å². The molecular formula is C17H27ClN2. The lowest BCUT2D eigenvalue weighted by molar-refractivity contribution is 0.356. The van der Waals surface area contributed by atoms with Crippen molar-refractivity contribution >= 4 is 17.3 Å². The van der Waals surface area contributed by atoms with Crippen LogP contribution < -0.4 is 10.2 Å². The summed E-state index contributed by atoms with van der Waals surface area (Å²) in [7, 11) is 1.96. The van der Waals surface area contributed by atoms with Crippen LogP contribution in [0.15, 0.2) is 12.1 Å². The first-order chi connectivity index (χ1) is 9.27. The van der Waals surface area contributed by atoms with E-state index < -0.39 is 0 Å². The lowest BCUT2D eigenvalue weighted by Gasteiger charge is -2.50. The Bertz CT molecular complexity index is 494. The van der Waals surface area contributed by atoms with Gasteiger partial charge in [-0.1, -0.05) is 24.6 Å². The summed E-state index contributed by atoms with van der Waals surface area (Å²) in [6, 6.07) is 4.94. The van der Waals surface area contributed by atoms with Crippen molar-refractivity contribution in [2.75, 3.05) is 11.9 Å². The van der Waals surface area contributed by atoms with E-state index in [1.807, 2.05) is 7.05 Å². The Balaban J connectivity index is 2.57. The van der Waals surface area contributed by atoms with Gasteiger partial charge in [0.2, 0.25) is 0 Å². The molecule has 0 saturated carbocycles. The van der Waals surface area contributed by atoms with Crippen LogP contribution in [0.5, 0.6) is 0 Å². The molecule has 2 nitrogen and oxygen atoms in total. The maximum atomic E-state index is 6.48. The number of hydrogen-bond acceptors (Lipinski definition) is 2. The van der Waals surface area contributed by atoms with Gasteiger partial charge < -0.3 is 10.2 Å². The third kappa shape index (κ3) is 2.68. The van der Waals surface area contributed by atoms with E-state index in [9.17, 15) is 0 Å². The second-order valence-electron chi connectivity index (χ2n) is 6.91. The van der Waals surface area contributed by atoms with Gasteiger partial charge in [0.25, 0.3) is 0 Å². The SMILES string of the molecule is CNCc1cc2c(cc1Cl)N(C(C)C)C(C)(C)C[C@H]2C. The third-order valence-electron chi connectivity index (χ3n) is 4.33. The number of benzene rings is 1. The van der Waals surface area contributed by atoms with Crippen LogP contribution in [0.1, 0.15) is 58.1 Å². The molecule has 0 aliphatic carbocycles. The quantitative estimate of drug-likeness (QED) is 0.879. The number of anilines is 1. The van der Waals surface area contributed by atoms with E-state index in [2.05, 4.69) is 57.0 Å². The molecule has 2 rings (SSSR count). The first kappa shape index (κ1) is 15.7. The fourth-order valence-corrected chi connectivity index (χ4v) is 4.04. The average Bonchev–Trinajstić information content (AvgIpc) is 2.29. The maximum Gasteiger partial charge on any atom is 0.0471 e. The van der Waals surface area contributed by atoms with Gasteiger partial charge >= 0.3 is 0 Å². The summed E-state index contributed by atoms with van der Waals surface area (Å²) in [5.41, 5.74) is 4.12. The number of nitrogens with one attached hydrogen (secondary N) is 1. The summed E-state index contributed by atoms with van der Waals surface area (Å²) in [5.74, 6) is 0.572. The summed E-state index contributed by atoms with van der Waals surface area (Å²) >= 11 is 6.48. The number of hydrogen-bond donors (Lipinski definition) is 1. The van der Waals surface area contributed by atoms with Crippen molar-refractivity contribution in [3.63, 3.8) is 0 Å². The molecule has 1 heterocycles. The molecule has 0 aromatic heterocycles. The van der Waals surface area contributed by atoms with Crippen LogP contribution in [0.3, 0.4) is 0 Å². The Morgan fingerprint density at radius 3 is 2.60 bits per heavy atom. The van der Waals surface area contributed by atoms with Crippen LogP contribution >= 0.6 is 11.6 Å². The van der Waals surface area contributed by atoms with Gasteiger partial charge in [-0.2, -0.15) is 0 Å². The van der Waals surface area contributed by atoms with E-state index in [0.717, 1.165) is 11.6 Å². The van der Waals surface area contributed by atoms with Gasteiger partial charge in [0.1, 0.15) is 0 Å². The topological polar surface area (TPSA) is 15.3 Å². The van der Waals surface area contributed by atoms with Crippen LogP contribution in [0.2, 0.25) is 5.02 Å². The largest absolute Gasteiger partial charge is 0.364 e. The molecule has 1 atom stereocenters. The van der Waals surface area contributed by atoms with Crippen molar-refractivity contribution in [1.82, 2.24) is 5.32 Å². The molecule has 0 saturated heterocycles. The molecule has 20 heavy (non-hydrogen) atoms. The molecule has 1 N–H and O–H groups in total. The zero-order valence-electron chi connectivity index (χ0n) is 13.5. The van der Waals surface area contributed by atoms with Crippen molar-refractivity contribution in [3.05, 3.63) is 28.3 Å². The molecular weight excluding hydrogens is 268 g/mol. The monoisotopic (exact) mass is 294 g/mol. The van der Waals surface area contributed by atoms with Crippen LogP contribution in [-0.2, 0) is 6.54 Å². The van der Waals surface area contributed by atoms with Gasteiger partial charge in [0.05, 0.1) is 0 Å². The molecule has 0 fully saturated rings. The predicted molar refractivity (Wildman–Crippen MR) is 88.9 cm³/mol. The lowest BCUT2D eigenvalue weighted by atomic mass is 9.79. The minimum Gasteiger partial charge on any atom is -0.364 e. The maximum absolute atomic E-state index is 6.48. The van der Waals surface area contributed by atoms with E-state index in [1.54, 1.807) is 0 Å². The number of rotatable bonds is 3. The summed E-state index contributed by atoms with van der Waals surface area (Å²) in [4.78, 5) is 2.53. The number of halogens is 1. The van der Waals surface area contributed by atoms with Crippen LogP contribution in [0, 0.1) is 0 Å². The molecule has 1 aliphatic rings. The zero-order valence-corrected chi connectivity index (χ0v) is 14.3. The van der Waals surface area contributed by atoms with E-state index >= 15 is 0 Å². The second kappa shape index (κ2) is 5.57. The highest BCUT2D eigenvalue weighted by Gasteiger charge is 2.37. The highest BCUT2D eigenvalue weighted by molar-refractivity contribution is 6.31. The van der Waals surface area contributed by atoms with Gasteiger partial charge in [0, 0.05) is 28.8 Å². The van der Waals surface area contributed by atoms with E-state index in [4.69, 9.17) is 11.6 Å². The zero-order chi connectivity index (χ0) is 15.1. The van der Waals surface area contributed by atoms with Gasteiger partial charge in [-0.05, 0) is 64.3 Å². The molecule has 0 amide bonds. The Morgan fingerprint density at radius 1 is 1.40 bits per heavy atom. The van der Waals surface area contributed by atoms with E-state index in [-0.39, 0.29) is 5.54 Å². The molecule has 112 valence electrons. The molecule has 0 unspecified atom stereocenters. The Kier molecular flexibility index (Phi) is 4.36. The third-order valence-corrected chi connectivity index (χ3v) is 4.68. The first-order valence-electron chi connectivity index (χ1n) is 7.54. The standard InChI is InChI=1S/C17H27ClN2/c1-11(2)20-16-8-15(18)13(10-19-6)7-14(16)12(3)9-17(20,4)5/h7-8,11-12,19H,9-10H2,1-6H3/t12-/m1/s1. The minimum absolute atomic E-state index is 0.175. The average molecular weight is 295 g/mol. The van der Waals surface area contributed by atoms with E-state index in [0.29, 0.717) is 12.0 Å². The Hall–Kier alpha value is -0.730. The van der Waals surface area contributed by atoms with E-state index in [1.165, 1.54) is 23.2 Å². The molecule has 0 radical (unpaired) electrons. The molecule has 1 aliphatic heterocycles. The first-order valence-corrected chi connectivity index (χ1v) is 7.92. The van der Waals surface area contributed by atoms with Crippen LogP contribution in [0.25, 0.3) is 0 Å². The molecule has 0 spiro atoms. The summed E-state index contributed by atoms with van der Waals surface area (Å²) in [5, 5.41) is 4.07. The molecule has 1 aromatic rings. The number of fused-ring (bicyclic) bond motifs is 1. The molecule has 3 heteroatoms. The van der Waals surface area contributed by atoms with Crippen molar-refractivity contribution in [2.45, 2.75) is 65.1 Å². The molecule has 1 aromatic carbocycles. The lowest BCUT2D eigenvalue weighted by Crippen LogP contribution is -2.51. The Labute approximate surface area is 128 Å².